The second-order valence-electron chi connectivity index (χ2n) is 16.6. The molecule has 5 nitrogen and oxygen atoms in total. The zero-order valence-corrected chi connectivity index (χ0v) is 34.0. The van der Waals surface area contributed by atoms with Crippen LogP contribution in [0.25, 0.3) is 98.5 Å². The average Bonchev–Trinajstić information content (AvgIpc) is 3.96. The summed E-state index contributed by atoms with van der Waals surface area (Å²) in [5.74, 6) is 0.606. The summed E-state index contributed by atoms with van der Waals surface area (Å²) < 4.78 is 11.5. The van der Waals surface area contributed by atoms with Gasteiger partial charge in [0, 0.05) is 43.8 Å². The van der Waals surface area contributed by atoms with E-state index in [1.807, 2.05) is 6.07 Å². The van der Waals surface area contributed by atoms with Gasteiger partial charge in [-0.3, -0.25) is 4.57 Å². The quantitative estimate of drug-likeness (QED) is 0.176. The second-order valence-corrected chi connectivity index (χ2v) is 16.6. The number of para-hydroxylation sites is 3. The minimum Gasteiger partial charge on any atom is -0.456 e. The van der Waals surface area contributed by atoms with Gasteiger partial charge in [-0.15, -0.1) is 0 Å². The molecule has 0 aliphatic carbocycles. The molecule has 9 aromatic carbocycles. The number of aromatic nitrogens is 2. The highest BCUT2D eigenvalue weighted by Gasteiger charge is 2.28. The van der Waals surface area contributed by atoms with Gasteiger partial charge in [0.05, 0.1) is 39.2 Å². The van der Waals surface area contributed by atoms with Crippen LogP contribution in [0.2, 0.25) is 0 Å². The van der Waals surface area contributed by atoms with Gasteiger partial charge in [-0.05, 0) is 88.1 Å². The molecule has 292 valence electrons. The molecule has 0 bridgehead atoms. The highest BCUT2D eigenvalue weighted by molar-refractivity contribution is 6.26. The number of furan rings is 1. The topological polar surface area (TPSA) is 47.7 Å². The summed E-state index contributed by atoms with van der Waals surface area (Å²) in [4.78, 5) is 11.5. The van der Waals surface area contributed by atoms with Crippen LogP contribution in [0.1, 0.15) is 24.5 Å². The van der Waals surface area contributed by atoms with Crippen LogP contribution in [0, 0.1) is 5.92 Å². The molecule has 0 fully saturated rings. The molecule has 0 saturated heterocycles. The van der Waals surface area contributed by atoms with E-state index in [0.717, 1.165) is 89.4 Å². The summed E-state index contributed by atoms with van der Waals surface area (Å²) in [5, 5.41) is 11.7. The van der Waals surface area contributed by atoms with Gasteiger partial charge in [-0.25, -0.2) is 9.98 Å². The van der Waals surface area contributed by atoms with Crippen LogP contribution in [0.3, 0.4) is 0 Å². The Labute approximate surface area is 356 Å². The Balaban J connectivity index is 1.19. The number of benzene rings is 9. The fraction of sp³-hybridized carbons (Fsp3) is 0.0526. The van der Waals surface area contributed by atoms with Crippen LogP contribution >= 0.6 is 0 Å². The lowest BCUT2D eigenvalue weighted by Gasteiger charge is -2.23. The summed E-state index contributed by atoms with van der Waals surface area (Å²) >= 11 is 0. The smallest absolute Gasteiger partial charge is 0.235 e. The molecule has 0 radical (unpaired) electrons. The van der Waals surface area contributed by atoms with Crippen molar-refractivity contribution in [3.8, 4) is 5.69 Å². The third-order valence-corrected chi connectivity index (χ3v) is 12.9. The molecule has 5 heteroatoms. The summed E-state index contributed by atoms with van der Waals surface area (Å²) in [6, 6.07) is 67.3. The Morgan fingerprint density at radius 1 is 0.468 bits per heavy atom. The minimum absolute atomic E-state index is 0.0138. The molecule has 0 N–H and O–H groups in total. The van der Waals surface area contributed by atoms with E-state index in [4.69, 9.17) is 14.4 Å². The molecule has 3 aromatic heterocycles. The number of hydrogen-bond acceptors (Lipinski definition) is 3. The lowest BCUT2D eigenvalue weighted by Crippen LogP contribution is -2.22. The fourth-order valence-electron chi connectivity index (χ4n) is 10.0. The Hall–Kier alpha value is -8.02. The summed E-state index contributed by atoms with van der Waals surface area (Å²) in [7, 11) is 0. The molecule has 0 amide bonds. The first-order chi connectivity index (χ1) is 30.7. The number of fused-ring (bicyclic) bond motifs is 11. The van der Waals surface area contributed by atoms with Crippen LogP contribution in [-0.2, 0) is 0 Å². The van der Waals surface area contributed by atoms with E-state index in [9.17, 15) is 0 Å². The number of aliphatic imine (C=N–C) groups is 2. The Kier molecular flexibility index (Phi) is 7.58. The molecule has 1 atom stereocenters. The van der Waals surface area contributed by atoms with Crippen molar-refractivity contribution < 1.29 is 4.42 Å². The fourth-order valence-corrected chi connectivity index (χ4v) is 10.0. The van der Waals surface area contributed by atoms with Crippen LogP contribution in [0.4, 0.5) is 0 Å². The molecular formula is C57H38N4O. The highest BCUT2D eigenvalue weighted by atomic mass is 16.3. The van der Waals surface area contributed by atoms with E-state index in [-0.39, 0.29) is 5.92 Å². The predicted octanol–water partition coefficient (Wildman–Crippen LogP) is 14.9. The van der Waals surface area contributed by atoms with Crippen LogP contribution in [0.15, 0.2) is 209 Å². The van der Waals surface area contributed by atoms with E-state index in [2.05, 4.69) is 204 Å². The SMILES string of the molecule is CC1C/C=C(c2ccccc2)/N=C(n2c3ccccc3c3ccccc32)\N=C/1c1c(-n2c3cc4ccccc4cc3c3cc4ccccc4cc32)ccc2oc3ccccc3c12. The molecule has 1 aliphatic heterocycles. The number of hydrogen-bond donors (Lipinski definition) is 0. The summed E-state index contributed by atoms with van der Waals surface area (Å²) in [6.07, 6.45) is 3.04. The van der Waals surface area contributed by atoms with Gasteiger partial charge in [-0.2, -0.15) is 0 Å². The first-order valence-corrected chi connectivity index (χ1v) is 21.4. The van der Waals surface area contributed by atoms with Crippen molar-refractivity contribution in [2.45, 2.75) is 13.3 Å². The van der Waals surface area contributed by atoms with Crippen molar-refractivity contribution in [1.82, 2.24) is 9.13 Å². The van der Waals surface area contributed by atoms with Gasteiger partial charge in [0.2, 0.25) is 5.96 Å². The standard InChI is InChI=1S/C57H38N4O/c1-35-27-28-46(36-15-3-2-4-16-36)58-57(61-47-24-12-9-21-41(47)42-22-10-13-25-48(42)61)59-56(35)55-49(29-30-53-54(55)43-23-11-14-26-52(43)62-53)60-50-33-39-19-7-5-17-37(39)31-44(50)45-32-38-18-6-8-20-40(38)34-51(45)60/h2-26,28-35H,27H2,1H3/b46-28+,58-57+,59-56+. The number of allylic oxidation sites excluding steroid dienone is 1. The Bertz CT molecular complexity index is 3770. The summed E-state index contributed by atoms with van der Waals surface area (Å²) in [5.41, 5.74) is 11.1. The molecule has 4 heterocycles. The van der Waals surface area contributed by atoms with Crippen molar-refractivity contribution >= 4 is 104 Å². The van der Waals surface area contributed by atoms with Crippen molar-refractivity contribution in [2.75, 3.05) is 0 Å². The van der Waals surface area contributed by atoms with Crippen molar-refractivity contribution in [3.63, 3.8) is 0 Å². The third kappa shape index (κ3) is 5.21. The van der Waals surface area contributed by atoms with Gasteiger partial charge in [0.15, 0.2) is 0 Å². The van der Waals surface area contributed by atoms with E-state index in [0.29, 0.717) is 5.96 Å². The van der Waals surface area contributed by atoms with Gasteiger partial charge in [0.25, 0.3) is 0 Å². The molecule has 1 aliphatic rings. The van der Waals surface area contributed by atoms with Gasteiger partial charge in [0.1, 0.15) is 11.2 Å². The van der Waals surface area contributed by atoms with Crippen LogP contribution < -0.4 is 0 Å². The molecule has 1 unspecified atom stereocenters. The van der Waals surface area contributed by atoms with Crippen LogP contribution in [-0.4, -0.2) is 20.8 Å². The normalized spacial score (nSPS) is 17.4. The van der Waals surface area contributed by atoms with E-state index in [1.165, 1.54) is 32.3 Å². The third-order valence-electron chi connectivity index (χ3n) is 12.9. The van der Waals surface area contributed by atoms with Crippen molar-refractivity contribution in [2.24, 2.45) is 15.9 Å². The zero-order chi connectivity index (χ0) is 40.9. The maximum Gasteiger partial charge on any atom is 0.235 e. The number of rotatable bonds is 3. The highest BCUT2D eigenvalue weighted by Crippen LogP contribution is 2.43. The summed E-state index contributed by atoms with van der Waals surface area (Å²) in [6.45, 7) is 2.31. The zero-order valence-electron chi connectivity index (χ0n) is 34.0. The van der Waals surface area contributed by atoms with Gasteiger partial charge >= 0.3 is 0 Å². The second kappa shape index (κ2) is 13.5. The minimum atomic E-state index is -0.0138. The molecular weight excluding hydrogens is 757 g/mol. The maximum absolute atomic E-state index is 6.72. The Morgan fingerprint density at radius 2 is 1.02 bits per heavy atom. The lowest BCUT2D eigenvalue weighted by molar-refractivity contribution is 0.669. The molecule has 13 rings (SSSR count). The maximum atomic E-state index is 6.72. The molecule has 0 spiro atoms. The first-order valence-electron chi connectivity index (χ1n) is 21.4. The van der Waals surface area contributed by atoms with Crippen molar-refractivity contribution in [3.05, 3.63) is 205 Å². The molecule has 62 heavy (non-hydrogen) atoms. The lowest BCUT2D eigenvalue weighted by atomic mass is 9.89. The van der Waals surface area contributed by atoms with E-state index in [1.54, 1.807) is 0 Å². The van der Waals surface area contributed by atoms with E-state index >= 15 is 0 Å². The van der Waals surface area contributed by atoms with E-state index < -0.39 is 0 Å². The van der Waals surface area contributed by atoms with Gasteiger partial charge < -0.3 is 8.98 Å². The monoisotopic (exact) mass is 794 g/mol. The largest absolute Gasteiger partial charge is 0.456 e. The molecule has 12 aromatic rings. The number of nitrogens with zero attached hydrogens (tertiary/aromatic N) is 4. The molecule has 0 saturated carbocycles. The predicted molar refractivity (Wildman–Crippen MR) is 260 cm³/mol. The van der Waals surface area contributed by atoms with Crippen molar-refractivity contribution in [1.29, 1.82) is 0 Å². The first kappa shape index (κ1) is 34.8. The average molecular weight is 795 g/mol. The van der Waals surface area contributed by atoms with Gasteiger partial charge in [-0.1, -0.05) is 146 Å². The Morgan fingerprint density at radius 3 is 1.66 bits per heavy atom. The van der Waals surface area contributed by atoms with Crippen LogP contribution in [0.5, 0.6) is 0 Å².